The summed E-state index contributed by atoms with van der Waals surface area (Å²) in [5.41, 5.74) is 3.16. The number of halogens is 1. The molecule has 0 amide bonds. The summed E-state index contributed by atoms with van der Waals surface area (Å²) in [6.45, 7) is 5.83. The van der Waals surface area contributed by atoms with Gasteiger partial charge < -0.3 is 28.8 Å². The largest absolute Gasteiger partial charge is 0.493 e. The maximum absolute atomic E-state index is 13.8. The zero-order valence-corrected chi connectivity index (χ0v) is 21.3. The summed E-state index contributed by atoms with van der Waals surface area (Å²) < 4.78 is 41.4. The molecule has 36 heavy (non-hydrogen) atoms. The summed E-state index contributed by atoms with van der Waals surface area (Å²) in [4.78, 5) is 12.3. The zero-order chi connectivity index (χ0) is 26.1. The van der Waals surface area contributed by atoms with Gasteiger partial charge in [-0.25, -0.2) is 4.39 Å². The van der Waals surface area contributed by atoms with Gasteiger partial charge >= 0.3 is 5.97 Å². The van der Waals surface area contributed by atoms with Gasteiger partial charge in [-0.1, -0.05) is 38.1 Å². The Kier molecular flexibility index (Phi) is 10.3. The van der Waals surface area contributed by atoms with E-state index in [0.717, 1.165) is 16.7 Å². The monoisotopic (exact) mass is 502 g/mol. The molecule has 7 nitrogen and oxygen atoms in total. The molecule has 3 rings (SSSR count). The third-order valence-corrected chi connectivity index (χ3v) is 6.01. The summed E-state index contributed by atoms with van der Waals surface area (Å²) in [7, 11) is 3.18. The topological polar surface area (TPSA) is 83.5 Å². The second-order valence-corrected chi connectivity index (χ2v) is 8.81. The highest BCUT2D eigenvalue weighted by Gasteiger charge is 2.30. The Morgan fingerprint density at radius 3 is 2.50 bits per heavy atom. The molecule has 1 aliphatic heterocycles. The standard InChI is InChI=1S/C28H35FO7/c1-18(2)23-17-25(33-4)27(35-16-15-34-14-13-32-3)26(19-5-7-20(29)8-6-19)21(23)9-10-22-24(30)11-12-36-28(22)31/h5-10,17-18,22,24,30H,11-16H2,1-4H3/b10-9+/t22-,24+/m1/s1. The highest BCUT2D eigenvalue weighted by Crippen LogP contribution is 2.45. The number of hydrogen-bond donors (Lipinski definition) is 1. The van der Waals surface area contributed by atoms with Gasteiger partial charge in [0.15, 0.2) is 11.5 Å². The molecule has 1 heterocycles. The van der Waals surface area contributed by atoms with Crippen LogP contribution in [0.25, 0.3) is 17.2 Å². The van der Waals surface area contributed by atoms with Gasteiger partial charge in [0.25, 0.3) is 0 Å². The zero-order valence-electron chi connectivity index (χ0n) is 21.3. The first-order chi connectivity index (χ1) is 17.4. The van der Waals surface area contributed by atoms with Crippen LogP contribution in [0, 0.1) is 11.7 Å². The van der Waals surface area contributed by atoms with E-state index in [2.05, 4.69) is 13.8 Å². The Morgan fingerprint density at radius 1 is 1.14 bits per heavy atom. The minimum absolute atomic E-state index is 0.0902. The molecule has 0 bridgehead atoms. The molecule has 0 radical (unpaired) electrons. The number of aliphatic hydroxyl groups excluding tert-OH is 1. The predicted molar refractivity (Wildman–Crippen MR) is 135 cm³/mol. The van der Waals surface area contributed by atoms with Crippen LogP contribution in [0.3, 0.4) is 0 Å². The lowest BCUT2D eigenvalue weighted by molar-refractivity contribution is -0.157. The molecule has 1 fully saturated rings. The first-order valence-electron chi connectivity index (χ1n) is 12.1. The van der Waals surface area contributed by atoms with Gasteiger partial charge in [0.05, 0.1) is 39.6 Å². The molecule has 8 heteroatoms. The van der Waals surface area contributed by atoms with Gasteiger partial charge in [-0.15, -0.1) is 0 Å². The molecule has 0 aromatic heterocycles. The van der Waals surface area contributed by atoms with Crippen molar-refractivity contribution in [3.05, 3.63) is 53.4 Å². The molecule has 2 atom stereocenters. The molecule has 0 aliphatic carbocycles. The van der Waals surface area contributed by atoms with Crippen LogP contribution < -0.4 is 9.47 Å². The van der Waals surface area contributed by atoms with Gasteiger partial charge in [0.1, 0.15) is 18.3 Å². The average molecular weight is 503 g/mol. The summed E-state index contributed by atoms with van der Waals surface area (Å²) in [5, 5.41) is 10.4. The van der Waals surface area contributed by atoms with Gasteiger partial charge in [-0.05, 0) is 40.8 Å². The first-order valence-corrected chi connectivity index (χ1v) is 12.1. The normalized spacial score (nSPS) is 18.0. The van der Waals surface area contributed by atoms with Crippen LogP contribution in [0.5, 0.6) is 11.5 Å². The van der Waals surface area contributed by atoms with Crippen LogP contribution in [-0.2, 0) is 19.0 Å². The van der Waals surface area contributed by atoms with Crippen molar-refractivity contribution in [2.24, 2.45) is 5.92 Å². The Balaban J connectivity index is 2.11. The molecule has 1 saturated heterocycles. The maximum atomic E-state index is 13.8. The minimum Gasteiger partial charge on any atom is -0.493 e. The van der Waals surface area contributed by atoms with E-state index in [1.807, 2.05) is 12.1 Å². The molecule has 2 aromatic carbocycles. The van der Waals surface area contributed by atoms with E-state index in [9.17, 15) is 14.3 Å². The number of ether oxygens (including phenoxy) is 5. The van der Waals surface area contributed by atoms with Crippen molar-refractivity contribution in [3.8, 4) is 22.6 Å². The number of rotatable bonds is 12. The molecule has 2 aromatic rings. The fourth-order valence-corrected chi connectivity index (χ4v) is 4.10. The fraction of sp³-hybridized carbons (Fsp3) is 0.464. The second-order valence-electron chi connectivity index (χ2n) is 8.81. The Hall–Kier alpha value is -2.94. The number of carbonyl (C=O) groups excluding carboxylic acids is 1. The molecule has 1 aliphatic rings. The maximum Gasteiger partial charge on any atom is 0.315 e. The van der Waals surface area contributed by atoms with E-state index in [-0.39, 0.29) is 24.9 Å². The Morgan fingerprint density at radius 2 is 1.86 bits per heavy atom. The van der Waals surface area contributed by atoms with Crippen molar-refractivity contribution in [1.29, 1.82) is 0 Å². The van der Waals surface area contributed by atoms with Crippen LogP contribution in [0.15, 0.2) is 36.4 Å². The van der Waals surface area contributed by atoms with E-state index >= 15 is 0 Å². The minimum atomic E-state index is -0.822. The summed E-state index contributed by atoms with van der Waals surface area (Å²) in [6, 6.07) is 8.04. The van der Waals surface area contributed by atoms with E-state index < -0.39 is 18.0 Å². The van der Waals surface area contributed by atoms with Crippen molar-refractivity contribution in [3.63, 3.8) is 0 Å². The van der Waals surface area contributed by atoms with Crippen LogP contribution in [0.2, 0.25) is 0 Å². The number of esters is 1. The van der Waals surface area contributed by atoms with Crippen molar-refractivity contribution >= 4 is 12.0 Å². The van der Waals surface area contributed by atoms with Gasteiger partial charge in [0, 0.05) is 19.1 Å². The summed E-state index contributed by atoms with van der Waals surface area (Å²) in [6.07, 6.45) is 3.04. The fourth-order valence-electron chi connectivity index (χ4n) is 4.10. The van der Waals surface area contributed by atoms with Gasteiger partial charge in [-0.3, -0.25) is 4.79 Å². The molecule has 0 spiro atoms. The molecular formula is C28H35FO7. The number of benzene rings is 2. The lowest BCUT2D eigenvalue weighted by Gasteiger charge is -2.25. The number of methoxy groups -OCH3 is 2. The van der Waals surface area contributed by atoms with Crippen molar-refractivity contribution in [1.82, 2.24) is 0 Å². The van der Waals surface area contributed by atoms with Crippen LogP contribution >= 0.6 is 0 Å². The second kappa shape index (κ2) is 13.4. The SMILES string of the molecule is COCCOCCOc1c(OC)cc(C(C)C)c(/C=C/[C@H]2C(=O)OCC[C@@H]2O)c1-c1ccc(F)cc1. The Labute approximate surface area is 211 Å². The molecule has 196 valence electrons. The number of cyclic esters (lactones) is 1. The Bertz CT molecular complexity index is 1030. The highest BCUT2D eigenvalue weighted by molar-refractivity contribution is 5.86. The number of carbonyl (C=O) groups is 1. The third-order valence-electron chi connectivity index (χ3n) is 6.01. The molecule has 1 N–H and O–H groups in total. The molecule has 0 unspecified atom stereocenters. The number of hydrogen-bond acceptors (Lipinski definition) is 7. The van der Waals surface area contributed by atoms with Crippen LogP contribution in [-0.4, -0.2) is 64.4 Å². The van der Waals surface area contributed by atoms with E-state index in [1.54, 1.807) is 32.4 Å². The van der Waals surface area contributed by atoms with E-state index in [0.29, 0.717) is 43.3 Å². The average Bonchev–Trinajstić information content (AvgIpc) is 2.86. The summed E-state index contributed by atoms with van der Waals surface area (Å²) in [5.74, 6) is -0.491. The lowest BCUT2D eigenvalue weighted by atomic mass is 9.87. The van der Waals surface area contributed by atoms with Crippen molar-refractivity contribution in [2.45, 2.75) is 32.3 Å². The van der Waals surface area contributed by atoms with Gasteiger partial charge in [0.2, 0.25) is 0 Å². The number of aliphatic hydroxyl groups is 1. The van der Waals surface area contributed by atoms with Crippen molar-refractivity contribution in [2.75, 3.05) is 47.3 Å². The third kappa shape index (κ3) is 6.84. The smallest absolute Gasteiger partial charge is 0.315 e. The highest BCUT2D eigenvalue weighted by atomic mass is 19.1. The van der Waals surface area contributed by atoms with Crippen molar-refractivity contribution < 1.29 is 38.0 Å². The quantitative estimate of drug-likeness (QED) is 0.335. The van der Waals surface area contributed by atoms with Crippen LogP contribution in [0.4, 0.5) is 4.39 Å². The van der Waals surface area contributed by atoms with E-state index in [4.69, 9.17) is 23.7 Å². The molecule has 0 saturated carbocycles. The van der Waals surface area contributed by atoms with Crippen LogP contribution in [0.1, 0.15) is 37.3 Å². The molecular weight excluding hydrogens is 467 g/mol. The lowest BCUT2D eigenvalue weighted by Crippen LogP contribution is -2.34. The summed E-state index contributed by atoms with van der Waals surface area (Å²) >= 11 is 0. The van der Waals surface area contributed by atoms with Gasteiger partial charge in [-0.2, -0.15) is 0 Å². The predicted octanol–water partition coefficient (Wildman–Crippen LogP) is 4.60. The first kappa shape index (κ1) is 27.6. The van der Waals surface area contributed by atoms with E-state index in [1.165, 1.54) is 12.1 Å².